The number of nitrogens with zero attached hydrogens (tertiary/aromatic N) is 4. The van der Waals surface area contributed by atoms with Gasteiger partial charge in [-0.2, -0.15) is 0 Å². The first-order valence-electron chi connectivity index (χ1n) is 8.37. The zero-order valence-corrected chi connectivity index (χ0v) is 15.0. The minimum absolute atomic E-state index is 0. The summed E-state index contributed by atoms with van der Waals surface area (Å²) < 4.78 is 1.98. The molecule has 2 heterocycles. The summed E-state index contributed by atoms with van der Waals surface area (Å²) >= 11 is 0. The van der Waals surface area contributed by atoms with Gasteiger partial charge in [0.1, 0.15) is 0 Å². The lowest BCUT2D eigenvalue weighted by atomic mass is 9.79. The van der Waals surface area contributed by atoms with E-state index in [1.807, 2.05) is 4.68 Å². The van der Waals surface area contributed by atoms with Gasteiger partial charge in [-0.15, -0.1) is 17.5 Å². The predicted molar refractivity (Wildman–Crippen MR) is 91.4 cm³/mol. The lowest BCUT2D eigenvalue weighted by Crippen LogP contribution is -2.61. The second kappa shape index (κ2) is 6.85. The van der Waals surface area contributed by atoms with Crippen molar-refractivity contribution in [3.8, 4) is 0 Å². The normalized spacial score (nSPS) is 22.5. The molecule has 1 aliphatic carbocycles. The molecule has 0 bridgehead atoms. The highest BCUT2D eigenvalue weighted by Gasteiger charge is 2.39. The SMILES string of the molecule is CC(C)(C)n1cc(CN2CCNCC23CCCCC3)nn1.Cl. The third-order valence-electron chi connectivity index (χ3n) is 5.05. The Labute approximate surface area is 140 Å². The second-order valence-electron chi connectivity index (χ2n) is 7.71. The van der Waals surface area contributed by atoms with Crippen LogP contribution in [0, 0.1) is 0 Å². The molecule has 5 nitrogen and oxygen atoms in total. The Hall–Kier alpha value is -0.650. The molecule has 1 saturated heterocycles. The molecule has 1 N–H and O–H groups in total. The summed E-state index contributed by atoms with van der Waals surface area (Å²) in [5.74, 6) is 0. The van der Waals surface area contributed by atoms with Gasteiger partial charge < -0.3 is 5.32 Å². The lowest BCUT2D eigenvalue weighted by molar-refractivity contribution is 0.0199. The van der Waals surface area contributed by atoms with Gasteiger partial charge >= 0.3 is 0 Å². The number of hydrogen-bond donors (Lipinski definition) is 1. The van der Waals surface area contributed by atoms with Gasteiger partial charge in [0.2, 0.25) is 0 Å². The van der Waals surface area contributed by atoms with Crippen molar-refractivity contribution >= 4 is 12.4 Å². The Kier molecular flexibility index (Phi) is 5.51. The summed E-state index contributed by atoms with van der Waals surface area (Å²) in [5, 5.41) is 12.3. The van der Waals surface area contributed by atoms with E-state index in [1.54, 1.807) is 0 Å². The Bertz CT molecular complexity index is 465. The van der Waals surface area contributed by atoms with Crippen molar-refractivity contribution < 1.29 is 0 Å². The topological polar surface area (TPSA) is 46.0 Å². The Morgan fingerprint density at radius 3 is 2.59 bits per heavy atom. The van der Waals surface area contributed by atoms with Crippen LogP contribution in [0.2, 0.25) is 0 Å². The fourth-order valence-corrected chi connectivity index (χ4v) is 3.73. The fraction of sp³-hybridized carbons (Fsp3) is 0.875. The maximum Gasteiger partial charge on any atom is 0.0967 e. The van der Waals surface area contributed by atoms with Gasteiger partial charge in [0.05, 0.1) is 17.4 Å². The maximum atomic E-state index is 4.41. The zero-order chi connectivity index (χ0) is 14.9. The number of aromatic nitrogens is 3. The molecule has 3 rings (SSSR count). The van der Waals surface area contributed by atoms with E-state index in [9.17, 15) is 0 Å². The molecular formula is C16H30ClN5. The Morgan fingerprint density at radius 2 is 1.95 bits per heavy atom. The van der Waals surface area contributed by atoms with Crippen molar-refractivity contribution in [1.82, 2.24) is 25.2 Å². The number of halogens is 1. The number of rotatable bonds is 2. The smallest absolute Gasteiger partial charge is 0.0967 e. The third-order valence-corrected chi connectivity index (χ3v) is 5.05. The van der Waals surface area contributed by atoms with Gasteiger partial charge in [-0.05, 0) is 33.6 Å². The molecule has 0 unspecified atom stereocenters. The molecule has 0 radical (unpaired) electrons. The van der Waals surface area contributed by atoms with Crippen molar-refractivity contribution in [3.05, 3.63) is 11.9 Å². The first-order valence-corrected chi connectivity index (χ1v) is 8.37. The molecule has 1 aromatic rings. The van der Waals surface area contributed by atoms with Crippen LogP contribution in [0.5, 0.6) is 0 Å². The van der Waals surface area contributed by atoms with E-state index >= 15 is 0 Å². The molecular weight excluding hydrogens is 298 g/mol. The average Bonchev–Trinajstić information content (AvgIpc) is 2.91. The van der Waals surface area contributed by atoms with Gasteiger partial charge in [-0.1, -0.05) is 24.5 Å². The fourth-order valence-electron chi connectivity index (χ4n) is 3.73. The monoisotopic (exact) mass is 327 g/mol. The standard InChI is InChI=1S/C16H29N5.ClH/c1-15(2,3)21-12-14(18-19-21)11-20-10-9-17-13-16(20)7-5-4-6-8-16;/h12,17H,4-11,13H2,1-3H3;1H. The largest absolute Gasteiger partial charge is 0.314 e. The molecule has 2 fully saturated rings. The predicted octanol–water partition coefficient (Wildman–Crippen LogP) is 2.56. The zero-order valence-electron chi connectivity index (χ0n) is 14.1. The van der Waals surface area contributed by atoms with Crippen molar-refractivity contribution in [2.75, 3.05) is 19.6 Å². The summed E-state index contributed by atoms with van der Waals surface area (Å²) in [7, 11) is 0. The lowest BCUT2D eigenvalue weighted by Gasteiger charge is -2.49. The molecule has 1 spiro atoms. The Balaban J connectivity index is 0.00000176. The van der Waals surface area contributed by atoms with E-state index in [-0.39, 0.29) is 17.9 Å². The van der Waals surface area contributed by atoms with E-state index < -0.39 is 0 Å². The molecule has 0 aromatic carbocycles. The van der Waals surface area contributed by atoms with Gasteiger partial charge in [0.15, 0.2) is 0 Å². The molecule has 2 aliphatic rings. The molecule has 1 aromatic heterocycles. The third kappa shape index (κ3) is 3.63. The van der Waals surface area contributed by atoms with Gasteiger partial charge in [0, 0.05) is 31.7 Å². The molecule has 1 aliphatic heterocycles. The molecule has 22 heavy (non-hydrogen) atoms. The highest BCUT2D eigenvalue weighted by atomic mass is 35.5. The second-order valence-corrected chi connectivity index (χ2v) is 7.71. The van der Waals surface area contributed by atoms with Crippen LogP contribution >= 0.6 is 12.4 Å². The first kappa shape index (κ1) is 17.7. The number of piperazine rings is 1. The highest BCUT2D eigenvalue weighted by Crippen LogP contribution is 2.35. The van der Waals surface area contributed by atoms with Crippen molar-refractivity contribution in [2.24, 2.45) is 0 Å². The van der Waals surface area contributed by atoms with E-state index in [2.05, 4.69) is 47.5 Å². The highest BCUT2D eigenvalue weighted by molar-refractivity contribution is 5.85. The van der Waals surface area contributed by atoms with Crippen molar-refractivity contribution in [3.63, 3.8) is 0 Å². The van der Waals surface area contributed by atoms with E-state index in [0.29, 0.717) is 5.54 Å². The summed E-state index contributed by atoms with van der Waals surface area (Å²) in [5.41, 5.74) is 1.48. The molecule has 0 amide bonds. The van der Waals surface area contributed by atoms with Gasteiger partial charge in [0.25, 0.3) is 0 Å². The number of hydrogen-bond acceptors (Lipinski definition) is 4. The van der Waals surface area contributed by atoms with Crippen LogP contribution in [0.3, 0.4) is 0 Å². The van der Waals surface area contributed by atoms with Crippen LogP contribution < -0.4 is 5.32 Å². The quantitative estimate of drug-likeness (QED) is 0.907. The summed E-state index contributed by atoms with van der Waals surface area (Å²) in [6, 6.07) is 0. The first-order chi connectivity index (χ1) is 10.00. The van der Waals surface area contributed by atoms with Crippen LogP contribution in [0.1, 0.15) is 58.6 Å². The van der Waals surface area contributed by atoms with Crippen LogP contribution in [0.4, 0.5) is 0 Å². The number of nitrogens with one attached hydrogen (secondary N) is 1. The average molecular weight is 328 g/mol. The van der Waals surface area contributed by atoms with Crippen molar-refractivity contribution in [2.45, 2.75) is 70.5 Å². The maximum absolute atomic E-state index is 4.41. The van der Waals surface area contributed by atoms with E-state index in [0.717, 1.165) is 31.9 Å². The van der Waals surface area contributed by atoms with Crippen molar-refractivity contribution in [1.29, 1.82) is 0 Å². The molecule has 0 atom stereocenters. The van der Waals surface area contributed by atoms with Crippen LogP contribution in [-0.2, 0) is 12.1 Å². The van der Waals surface area contributed by atoms with E-state index in [1.165, 1.54) is 32.1 Å². The minimum atomic E-state index is 0. The molecule has 1 saturated carbocycles. The van der Waals surface area contributed by atoms with Crippen LogP contribution in [-0.4, -0.2) is 45.1 Å². The van der Waals surface area contributed by atoms with Gasteiger partial charge in [-0.3, -0.25) is 4.90 Å². The summed E-state index contributed by atoms with van der Waals surface area (Å²) in [6.45, 7) is 10.8. The molecule has 6 heteroatoms. The Morgan fingerprint density at radius 1 is 1.23 bits per heavy atom. The van der Waals surface area contributed by atoms with Crippen LogP contribution in [0.15, 0.2) is 6.20 Å². The van der Waals surface area contributed by atoms with Crippen LogP contribution in [0.25, 0.3) is 0 Å². The van der Waals surface area contributed by atoms with E-state index in [4.69, 9.17) is 0 Å². The summed E-state index contributed by atoms with van der Waals surface area (Å²) in [6.07, 6.45) is 8.91. The molecule has 126 valence electrons. The summed E-state index contributed by atoms with van der Waals surface area (Å²) in [4.78, 5) is 2.67. The van der Waals surface area contributed by atoms with Gasteiger partial charge in [-0.25, -0.2) is 4.68 Å². The minimum Gasteiger partial charge on any atom is -0.314 e.